The fourth-order valence-electron chi connectivity index (χ4n) is 2.83. The summed E-state index contributed by atoms with van der Waals surface area (Å²) in [4.78, 5) is 2.56. The summed E-state index contributed by atoms with van der Waals surface area (Å²) in [5.41, 5.74) is 8.14. The fourth-order valence-corrected chi connectivity index (χ4v) is 2.83. The molecular weight excluding hydrogens is 224 g/mol. The second kappa shape index (κ2) is 5.61. The van der Waals surface area contributed by atoms with E-state index >= 15 is 0 Å². The highest BCUT2D eigenvalue weighted by Gasteiger charge is 2.24. The summed E-state index contributed by atoms with van der Waals surface area (Å²) < 4.78 is 5.19. The molecule has 1 saturated heterocycles. The van der Waals surface area contributed by atoms with Gasteiger partial charge in [0.25, 0.3) is 0 Å². The number of rotatable bonds is 3. The first kappa shape index (κ1) is 13.2. The van der Waals surface area contributed by atoms with E-state index in [1.807, 2.05) is 12.1 Å². The molecule has 0 radical (unpaired) electrons. The molecule has 2 atom stereocenters. The zero-order valence-corrected chi connectivity index (χ0v) is 11.6. The van der Waals surface area contributed by atoms with Crippen molar-refractivity contribution in [1.29, 1.82) is 0 Å². The molecule has 3 nitrogen and oxygen atoms in total. The maximum Gasteiger partial charge on any atom is 0.120 e. The first-order valence-electron chi connectivity index (χ1n) is 6.80. The molecule has 0 aromatic heterocycles. The molecule has 1 heterocycles. The van der Waals surface area contributed by atoms with Crippen LogP contribution < -0.4 is 10.5 Å². The number of likely N-dealkylation sites (tertiary alicyclic amines) is 1. The zero-order chi connectivity index (χ0) is 13.1. The summed E-state index contributed by atoms with van der Waals surface area (Å²) in [6, 6.07) is 7.28. The normalized spacial score (nSPS) is 25.1. The Labute approximate surface area is 110 Å². The zero-order valence-electron chi connectivity index (χ0n) is 11.6. The number of benzene rings is 1. The Bertz CT molecular complexity index is 395. The first-order valence-corrected chi connectivity index (χ1v) is 6.80. The molecule has 0 bridgehead atoms. The molecular formula is C15H24N2O. The van der Waals surface area contributed by atoms with Crippen LogP contribution in [-0.2, 0) is 6.54 Å². The minimum Gasteiger partial charge on any atom is -0.497 e. The van der Waals surface area contributed by atoms with Gasteiger partial charge in [-0.3, -0.25) is 4.90 Å². The maximum absolute atomic E-state index is 6.10. The average Bonchev–Trinajstić information content (AvgIpc) is 2.35. The lowest BCUT2D eigenvalue weighted by Gasteiger charge is -2.39. The molecule has 2 N–H and O–H groups in total. The van der Waals surface area contributed by atoms with E-state index < -0.39 is 0 Å². The molecule has 1 fully saturated rings. The number of nitrogens with two attached hydrogens (primary N) is 1. The summed E-state index contributed by atoms with van der Waals surface area (Å²) in [7, 11) is 1.67. The number of nitrogen functional groups attached to an aromatic ring is 1. The molecule has 1 aromatic carbocycles. The molecule has 100 valence electrons. The predicted octanol–water partition coefficient (Wildman–Crippen LogP) is 3.04. The quantitative estimate of drug-likeness (QED) is 0.836. The van der Waals surface area contributed by atoms with E-state index in [9.17, 15) is 0 Å². The molecule has 2 rings (SSSR count). The van der Waals surface area contributed by atoms with Crippen molar-refractivity contribution in [3.63, 3.8) is 0 Å². The van der Waals surface area contributed by atoms with Gasteiger partial charge in [0.15, 0.2) is 0 Å². The Morgan fingerprint density at radius 2 is 1.94 bits per heavy atom. The summed E-state index contributed by atoms with van der Waals surface area (Å²) in [5.74, 6) is 0.830. The van der Waals surface area contributed by atoms with Crippen LogP contribution in [0.2, 0.25) is 0 Å². The van der Waals surface area contributed by atoms with E-state index in [2.05, 4.69) is 24.8 Å². The van der Waals surface area contributed by atoms with Crippen LogP contribution in [0.4, 0.5) is 5.69 Å². The fraction of sp³-hybridized carbons (Fsp3) is 0.600. The van der Waals surface area contributed by atoms with Gasteiger partial charge in [0.1, 0.15) is 5.75 Å². The Morgan fingerprint density at radius 1 is 1.28 bits per heavy atom. The third kappa shape index (κ3) is 2.78. The Hall–Kier alpha value is -1.22. The molecule has 18 heavy (non-hydrogen) atoms. The van der Waals surface area contributed by atoms with Gasteiger partial charge in [-0.05, 0) is 38.3 Å². The lowest BCUT2D eigenvalue weighted by Crippen LogP contribution is -2.43. The molecule has 2 unspecified atom stereocenters. The molecule has 3 heteroatoms. The highest BCUT2D eigenvalue weighted by molar-refractivity contribution is 5.51. The van der Waals surface area contributed by atoms with E-state index in [4.69, 9.17) is 10.5 Å². The minimum atomic E-state index is 0.648. The largest absolute Gasteiger partial charge is 0.497 e. The highest BCUT2D eigenvalue weighted by Crippen LogP contribution is 2.27. The number of anilines is 1. The molecule has 0 saturated carbocycles. The van der Waals surface area contributed by atoms with Crippen LogP contribution in [0.15, 0.2) is 18.2 Å². The SMILES string of the molecule is COc1ccc(CN2C(C)CCCC2C)c(N)c1. The molecule has 0 spiro atoms. The van der Waals surface area contributed by atoms with Crippen LogP contribution in [0.3, 0.4) is 0 Å². The Balaban J connectivity index is 2.12. The van der Waals surface area contributed by atoms with Gasteiger partial charge >= 0.3 is 0 Å². The Kier molecular flexibility index (Phi) is 4.12. The van der Waals surface area contributed by atoms with Gasteiger partial charge in [-0.25, -0.2) is 0 Å². The Morgan fingerprint density at radius 3 is 2.50 bits per heavy atom. The van der Waals surface area contributed by atoms with Gasteiger partial charge in [0, 0.05) is 30.4 Å². The van der Waals surface area contributed by atoms with Crippen LogP contribution in [-0.4, -0.2) is 24.1 Å². The van der Waals surface area contributed by atoms with Crippen molar-refractivity contribution in [1.82, 2.24) is 4.90 Å². The van der Waals surface area contributed by atoms with Crippen molar-refractivity contribution >= 4 is 5.69 Å². The summed E-state index contributed by atoms with van der Waals surface area (Å²) in [6.45, 7) is 5.57. The molecule has 1 aromatic rings. The van der Waals surface area contributed by atoms with E-state index in [-0.39, 0.29) is 0 Å². The summed E-state index contributed by atoms with van der Waals surface area (Å²) in [6.07, 6.45) is 3.93. The third-order valence-electron chi connectivity index (χ3n) is 4.08. The van der Waals surface area contributed by atoms with Crippen molar-refractivity contribution in [3.8, 4) is 5.75 Å². The second-order valence-electron chi connectivity index (χ2n) is 5.37. The van der Waals surface area contributed by atoms with Crippen LogP contribution in [0.1, 0.15) is 38.7 Å². The molecule has 1 aliphatic heterocycles. The molecule has 0 aliphatic carbocycles. The summed E-state index contributed by atoms with van der Waals surface area (Å²) >= 11 is 0. The van der Waals surface area contributed by atoms with Gasteiger partial charge in [-0.2, -0.15) is 0 Å². The van der Waals surface area contributed by atoms with Crippen molar-refractivity contribution in [2.24, 2.45) is 0 Å². The van der Waals surface area contributed by atoms with E-state index in [1.165, 1.54) is 24.8 Å². The van der Waals surface area contributed by atoms with Crippen molar-refractivity contribution in [2.45, 2.75) is 51.7 Å². The van der Waals surface area contributed by atoms with Crippen molar-refractivity contribution in [2.75, 3.05) is 12.8 Å². The van der Waals surface area contributed by atoms with Crippen molar-refractivity contribution < 1.29 is 4.74 Å². The molecule has 1 aliphatic rings. The monoisotopic (exact) mass is 248 g/mol. The van der Waals surface area contributed by atoms with Crippen LogP contribution in [0.5, 0.6) is 5.75 Å². The second-order valence-corrected chi connectivity index (χ2v) is 5.37. The van der Waals surface area contributed by atoms with Crippen LogP contribution in [0.25, 0.3) is 0 Å². The van der Waals surface area contributed by atoms with Crippen LogP contribution >= 0.6 is 0 Å². The number of piperidine rings is 1. The van der Waals surface area contributed by atoms with Gasteiger partial charge in [0.05, 0.1) is 7.11 Å². The number of ether oxygens (including phenoxy) is 1. The first-order chi connectivity index (χ1) is 8.61. The van der Waals surface area contributed by atoms with E-state index in [1.54, 1.807) is 7.11 Å². The predicted molar refractivity (Wildman–Crippen MR) is 75.7 cm³/mol. The molecule has 0 amide bonds. The average molecular weight is 248 g/mol. The standard InChI is InChI=1S/C15H24N2O/c1-11-5-4-6-12(2)17(11)10-13-7-8-14(18-3)9-15(13)16/h7-9,11-12H,4-6,10,16H2,1-3H3. The lowest BCUT2D eigenvalue weighted by atomic mass is 9.96. The smallest absolute Gasteiger partial charge is 0.120 e. The van der Waals surface area contributed by atoms with Gasteiger partial charge in [0.2, 0.25) is 0 Å². The lowest BCUT2D eigenvalue weighted by molar-refractivity contribution is 0.0955. The number of methoxy groups -OCH3 is 1. The highest BCUT2D eigenvalue weighted by atomic mass is 16.5. The van der Waals surface area contributed by atoms with Gasteiger partial charge in [-0.1, -0.05) is 12.5 Å². The number of nitrogens with zero attached hydrogens (tertiary/aromatic N) is 1. The van der Waals surface area contributed by atoms with Gasteiger partial charge in [-0.15, -0.1) is 0 Å². The van der Waals surface area contributed by atoms with E-state index in [0.717, 1.165) is 18.0 Å². The van der Waals surface area contributed by atoms with Crippen molar-refractivity contribution in [3.05, 3.63) is 23.8 Å². The van der Waals surface area contributed by atoms with Gasteiger partial charge < -0.3 is 10.5 Å². The summed E-state index contributed by atoms with van der Waals surface area (Å²) in [5, 5.41) is 0. The maximum atomic E-state index is 6.10. The topological polar surface area (TPSA) is 38.5 Å². The van der Waals surface area contributed by atoms with Crippen LogP contribution in [0, 0.1) is 0 Å². The third-order valence-corrected chi connectivity index (χ3v) is 4.08. The number of hydrogen-bond acceptors (Lipinski definition) is 3. The van der Waals surface area contributed by atoms with E-state index in [0.29, 0.717) is 12.1 Å². The number of hydrogen-bond donors (Lipinski definition) is 1. The minimum absolute atomic E-state index is 0.648.